The van der Waals surface area contributed by atoms with Crippen molar-refractivity contribution in [2.45, 2.75) is 69.2 Å². The number of nitrogens with zero attached hydrogens (tertiary/aromatic N) is 3. The number of amides is 1. The van der Waals surface area contributed by atoms with Gasteiger partial charge in [0.2, 0.25) is 5.78 Å². The normalized spacial score (nSPS) is 28.2. The zero-order chi connectivity index (χ0) is 30.8. The fraction of sp³-hybridized carbons (Fsp3) is 0.581. The number of likely N-dealkylation sites (N-methyl/N-ethyl adjacent to an activating group) is 1. The first-order chi connectivity index (χ1) is 19.7. The molecule has 2 fully saturated rings. The summed E-state index contributed by atoms with van der Waals surface area (Å²) in [6, 6.07) is 0.956. The fourth-order valence-corrected chi connectivity index (χ4v) is 7.96. The highest BCUT2D eigenvalue weighted by atomic mass is 16.3. The molecule has 4 atom stereocenters. The molecule has 0 heterocycles. The molecule has 42 heavy (non-hydrogen) atoms. The third kappa shape index (κ3) is 4.40. The van der Waals surface area contributed by atoms with Gasteiger partial charge in [0.15, 0.2) is 11.4 Å². The summed E-state index contributed by atoms with van der Waals surface area (Å²) in [6.07, 6.45) is 6.19. The lowest BCUT2D eigenvalue weighted by atomic mass is 9.57. The fourth-order valence-electron chi connectivity index (χ4n) is 7.96. The van der Waals surface area contributed by atoms with Gasteiger partial charge in [-0.2, -0.15) is 0 Å². The number of Topliss-reactive ketones (excluding diaryl/α,β-unsaturated/α-hetero) is 2. The Morgan fingerprint density at radius 3 is 2.26 bits per heavy atom. The van der Waals surface area contributed by atoms with Crippen molar-refractivity contribution in [3.63, 3.8) is 0 Å². The molecule has 0 saturated heterocycles. The second-order valence-corrected chi connectivity index (χ2v) is 12.8. The molecular formula is C31H42N4O7. The summed E-state index contributed by atoms with van der Waals surface area (Å²) in [5.41, 5.74) is 4.31. The summed E-state index contributed by atoms with van der Waals surface area (Å²) in [7, 11) is 9.06. The Kier molecular flexibility index (Phi) is 7.66. The maximum absolute atomic E-state index is 14.1. The van der Waals surface area contributed by atoms with E-state index in [4.69, 9.17) is 5.73 Å². The van der Waals surface area contributed by atoms with Crippen molar-refractivity contribution in [1.82, 2.24) is 9.80 Å². The Morgan fingerprint density at radius 1 is 1.05 bits per heavy atom. The van der Waals surface area contributed by atoms with Gasteiger partial charge < -0.3 is 31.1 Å². The minimum absolute atomic E-state index is 0.0611. The zero-order valence-electron chi connectivity index (χ0n) is 25.0. The van der Waals surface area contributed by atoms with Crippen LogP contribution in [0.5, 0.6) is 5.75 Å². The molecule has 0 bridgehead atoms. The number of nitrogens with two attached hydrogens (primary N) is 1. The van der Waals surface area contributed by atoms with Crippen molar-refractivity contribution in [1.29, 1.82) is 0 Å². The van der Waals surface area contributed by atoms with Crippen molar-refractivity contribution in [3.05, 3.63) is 39.7 Å². The van der Waals surface area contributed by atoms with E-state index in [0.717, 1.165) is 24.1 Å². The molecule has 0 spiro atoms. The van der Waals surface area contributed by atoms with E-state index in [9.17, 15) is 34.8 Å². The summed E-state index contributed by atoms with van der Waals surface area (Å²) < 4.78 is 0. The number of benzene rings is 1. The number of aromatic hydroxyl groups is 1. The number of primary amides is 1. The number of fused-ring (bicyclic) bond motifs is 3. The van der Waals surface area contributed by atoms with E-state index in [-0.39, 0.29) is 29.7 Å². The van der Waals surface area contributed by atoms with Gasteiger partial charge in [-0.05, 0) is 69.9 Å². The molecule has 228 valence electrons. The Morgan fingerprint density at radius 2 is 1.69 bits per heavy atom. The molecule has 6 N–H and O–H groups in total. The molecule has 0 aliphatic heterocycles. The summed E-state index contributed by atoms with van der Waals surface area (Å²) >= 11 is 0. The molecule has 2 saturated carbocycles. The van der Waals surface area contributed by atoms with Gasteiger partial charge in [0.25, 0.3) is 5.91 Å². The average Bonchev–Trinajstić information content (AvgIpc) is 2.90. The quantitative estimate of drug-likeness (QED) is 0.312. The number of phenols is 1. The standard InChI is InChI=1S/C31H42N4O7/c1-33(2)24-16(14-35(5)17-9-7-6-8-10-17)13-20(36)22-18(24)11-15-12-19-25(34(3)4)27(38)23(30(32)41)29(40)31(19,42)28(39)21(15)26(22)37/h13,15,17,19,25,36-37,40,42H,6-12,14H2,1-5H3,(H2,32,41)/t15-,19-,25-,31-/m0/s1. The summed E-state index contributed by atoms with van der Waals surface area (Å²) in [6.45, 7) is 0.591. The third-order valence-electron chi connectivity index (χ3n) is 9.84. The molecule has 0 radical (unpaired) electrons. The van der Waals surface area contributed by atoms with Crippen LogP contribution in [0.4, 0.5) is 5.69 Å². The van der Waals surface area contributed by atoms with Gasteiger partial charge >= 0.3 is 0 Å². The van der Waals surface area contributed by atoms with E-state index in [1.54, 1.807) is 20.2 Å². The van der Waals surface area contributed by atoms with Crippen molar-refractivity contribution in [2.24, 2.45) is 17.6 Å². The van der Waals surface area contributed by atoms with Gasteiger partial charge in [-0.25, -0.2) is 0 Å². The van der Waals surface area contributed by atoms with Crippen LogP contribution < -0.4 is 10.6 Å². The molecule has 0 unspecified atom stereocenters. The summed E-state index contributed by atoms with van der Waals surface area (Å²) in [5, 5.41) is 45.6. The largest absolute Gasteiger partial charge is 0.508 e. The van der Waals surface area contributed by atoms with Gasteiger partial charge in [0.05, 0.1) is 11.6 Å². The molecule has 1 aromatic carbocycles. The first-order valence-electron chi connectivity index (χ1n) is 14.6. The van der Waals surface area contributed by atoms with E-state index in [0.29, 0.717) is 18.2 Å². The average molecular weight is 583 g/mol. The lowest BCUT2D eigenvalue weighted by molar-refractivity contribution is -0.153. The Hall–Kier alpha value is -3.41. The number of aliphatic hydroxyl groups excluding tert-OH is 2. The highest BCUT2D eigenvalue weighted by Crippen LogP contribution is 2.54. The van der Waals surface area contributed by atoms with Crippen LogP contribution in [0.2, 0.25) is 0 Å². The maximum Gasteiger partial charge on any atom is 0.255 e. The highest BCUT2D eigenvalue weighted by molar-refractivity contribution is 6.24. The van der Waals surface area contributed by atoms with Gasteiger partial charge in [-0.1, -0.05) is 19.3 Å². The van der Waals surface area contributed by atoms with Crippen LogP contribution in [-0.2, 0) is 27.3 Å². The topological polar surface area (TPSA) is 168 Å². The van der Waals surface area contributed by atoms with Crippen LogP contribution in [0.15, 0.2) is 23.0 Å². The monoisotopic (exact) mass is 582 g/mol. The van der Waals surface area contributed by atoms with Crippen molar-refractivity contribution in [3.8, 4) is 5.75 Å². The first kappa shape index (κ1) is 30.1. The summed E-state index contributed by atoms with van der Waals surface area (Å²) in [4.78, 5) is 45.3. The van der Waals surface area contributed by atoms with E-state index in [1.807, 2.05) is 19.0 Å². The predicted octanol–water partition coefficient (Wildman–Crippen LogP) is 1.79. The van der Waals surface area contributed by atoms with Crippen molar-refractivity contribution < 1.29 is 34.8 Å². The number of hydrogen-bond acceptors (Lipinski definition) is 10. The second-order valence-electron chi connectivity index (χ2n) is 12.8. The number of carbonyl (C=O) groups is 3. The second kappa shape index (κ2) is 10.7. The number of carbonyl (C=O) groups excluding carboxylic acids is 3. The van der Waals surface area contributed by atoms with Gasteiger partial charge in [-0.3, -0.25) is 24.2 Å². The SMILES string of the molecule is CN(C)c1c(CN(C)C2CCCCC2)cc(O)c2c1C[C@H]1C[C@H]3[C@H](N(C)C)C(=O)C(C(N)=O)=C(O)[C@@]3(O)C(=O)C1=C2O. The Labute approximate surface area is 245 Å². The van der Waals surface area contributed by atoms with Gasteiger partial charge in [-0.15, -0.1) is 0 Å². The van der Waals surface area contributed by atoms with Crippen LogP contribution in [0, 0.1) is 11.8 Å². The molecule has 1 aromatic rings. The third-order valence-corrected chi connectivity index (χ3v) is 9.84. The van der Waals surface area contributed by atoms with Crippen LogP contribution in [0.25, 0.3) is 5.76 Å². The molecule has 1 amide bonds. The molecule has 11 nitrogen and oxygen atoms in total. The summed E-state index contributed by atoms with van der Waals surface area (Å²) in [5.74, 6) is -6.48. The Balaban J connectivity index is 1.65. The molecule has 11 heteroatoms. The molecule has 0 aromatic heterocycles. The molecule has 5 rings (SSSR count). The predicted molar refractivity (Wildman–Crippen MR) is 157 cm³/mol. The smallest absolute Gasteiger partial charge is 0.255 e. The number of hydrogen-bond donors (Lipinski definition) is 5. The lowest BCUT2D eigenvalue weighted by Crippen LogP contribution is -2.65. The van der Waals surface area contributed by atoms with Gasteiger partial charge in [0.1, 0.15) is 22.8 Å². The zero-order valence-corrected chi connectivity index (χ0v) is 25.0. The van der Waals surface area contributed by atoms with E-state index in [1.165, 1.54) is 24.2 Å². The maximum atomic E-state index is 14.1. The van der Waals surface area contributed by atoms with Crippen molar-refractivity contribution >= 4 is 28.9 Å². The number of ketones is 2. The van der Waals surface area contributed by atoms with Crippen LogP contribution >= 0.6 is 0 Å². The molecule has 4 aliphatic carbocycles. The highest BCUT2D eigenvalue weighted by Gasteiger charge is 2.64. The van der Waals surface area contributed by atoms with E-state index >= 15 is 0 Å². The molecule has 4 aliphatic rings. The van der Waals surface area contributed by atoms with Gasteiger partial charge in [0, 0.05) is 43.9 Å². The van der Waals surface area contributed by atoms with Crippen LogP contribution in [0.1, 0.15) is 55.2 Å². The number of phenolic OH excluding ortho intramolecular Hbond substituents is 1. The van der Waals surface area contributed by atoms with E-state index < -0.39 is 58.0 Å². The minimum atomic E-state index is -2.65. The van der Waals surface area contributed by atoms with E-state index in [2.05, 4.69) is 11.9 Å². The van der Waals surface area contributed by atoms with Crippen LogP contribution in [0.3, 0.4) is 0 Å². The van der Waals surface area contributed by atoms with Crippen molar-refractivity contribution in [2.75, 3.05) is 40.1 Å². The molecular weight excluding hydrogens is 540 g/mol. The number of aliphatic hydroxyl groups is 3. The first-order valence-corrected chi connectivity index (χ1v) is 14.6. The Bertz CT molecular complexity index is 1410. The minimum Gasteiger partial charge on any atom is -0.508 e. The lowest BCUT2D eigenvalue weighted by Gasteiger charge is -2.50. The number of anilines is 1. The number of rotatable bonds is 6. The van der Waals surface area contributed by atoms with Crippen LogP contribution in [-0.4, -0.2) is 101 Å².